The molecule has 0 radical (unpaired) electrons. The molecule has 0 amide bonds. The third-order valence-corrected chi connectivity index (χ3v) is 3.40. The van der Waals surface area contributed by atoms with Crippen molar-refractivity contribution in [3.63, 3.8) is 0 Å². The Hall–Kier alpha value is -1.62. The highest BCUT2D eigenvalue weighted by molar-refractivity contribution is 5.43. The van der Waals surface area contributed by atoms with Crippen LogP contribution in [0.4, 0.5) is 0 Å². The monoisotopic (exact) mass is 247 g/mol. The molecule has 2 aromatic rings. The largest absolute Gasteiger partial charge is 0.497 e. The molecule has 0 aromatic carbocycles. The predicted molar refractivity (Wildman–Crippen MR) is 66.8 cm³/mol. The van der Waals surface area contributed by atoms with Crippen LogP contribution in [0.2, 0.25) is 0 Å². The fourth-order valence-electron chi connectivity index (χ4n) is 2.33. The highest BCUT2D eigenvalue weighted by atomic mass is 16.5. The molecule has 0 saturated carbocycles. The molecular weight excluding hydrogens is 230 g/mol. The Morgan fingerprint density at radius 2 is 2.28 bits per heavy atom. The Kier molecular flexibility index (Phi) is 3.15. The highest BCUT2D eigenvalue weighted by Crippen LogP contribution is 2.19. The van der Waals surface area contributed by atoms with E-state index < -0.39 is 0 Å². The summed E-state index contributed by atoms with van der Waals surface area (Å²) in [6.07, 6.45) is 5.04. The molecule has 5 heteroatoms. The van der Waals surface area contributed by atoms with Gasteiger partial charge in [-0.2, -0.15) is 5.10 Å². The summed E-state index contributed by atoms with van der Waals surface area (Å²) in [6.45, 7) is 1.73. The molecule has 0 atom stereocenters. The first-order valence-corrected chi connectivity index (χ1v) is 6.32. The van der Waals surface area contributed by atoms with Crippen molar-refractivity contribution in [2.75, 3.05) is 20.3 Å². The van der Waals surface area contributed by atoms with Gasteiger partial charge >= 0.3 is 0 Å². The minimum Gasteiger partial charge on any atom is -0.497 e. The SMILES string of the molecule is COc1ccn2nc(CC3CCOCC3)nc2c1. The predicted octanol–water partition coefficient (Wildman–Crippen LogP) is 1.71. The topological polar surface area (TPSA) is 48.7 Å². The average molecular weight is 247 g/mol. The molecule has 1 saturated heterocycles. The summed E-state index contributed by atoms with van der Waals surface area (Å²) in [7, 11) is 1.66. The van der Waals surface area contributed by atoms with Gasteiger partial charge in [0.25, 0.3) is 0 Å². The second-order valence-corrected chi connectivity index (χ2v) is 4.66. The van der Waals surface area contributed by atoms with Crippen LogP contribution < -0.4 is 4.74 Å². The Labute approximate surface area is 106 Å². The van der Waals surface area contributed by atoms with Crippen LogP contribution in [-0.4, -0.2) is 34.9 Å². The molecule has 3 rings (SSSR count). The van der Waals surface area contributed by atoms with Crippen molar-refractivity contribution in [2.24, 2.45) is 5.92 Å². The van der Waals surface area contributed by atoms with E-state index >= 15 is 0 Å². The quantitative estimate of drug-likeness (QED) is 0.828. The number of rotatable bonds is 3. The van der Waals surface area contributed by atoms with Gasteiger partial charge in [-0.25, -0.2) is 9.50 Å². The molecule has 1 aliphatic rings. The van der Waals surface area contributed by atoms with Crippen molar-refractivity contribution in [3.05, 3.63) is 24.2 Å². The van der Waals surface area contributed by atoms with Crippen LogP contribution in [0.3, 0.4) is 0 Å². The average Bonchev–Trinajstić information content (AvgIpc) is 2.80. The molecule has 1 fully saturated rings. The van der Waals surface area contributed by atoms with Crippen LogP contribution in [0.25, 0.3) is 5.65 Å². The van der Waals surface area contributed by atoms with Crippen molar-refractivity contribution in [2.45, 2.75) is 19.3 Å². The van der Waals surface area contributed by atoms with Gasteiger partial charge in [-0.1, -0.05) is 0 Å². The molecule has 5 nitrogen and oxygen atoms in total. The van der Waals surface area contributed by atoms with E-state index in [1.165, 1.54) is 0 Å². The number of pyridine rings is 1. The normalized spacial score (nSPS) is 17.2. The molecule has 0 unspecified atom stereocenters. The fraction of sp³-hybridized carbons (Fsp3) is 0.538. The van der Waals surface area contributed by atoms with E-state index in [0.29, 0.717) is 5.92 Å². The molecule has 18 heavy (non-hydrogen) atoms. The zero-order valence-corrected chi connectivity index (χ0v) is 10.5. The lowest BCUT2D eigenvalue weighted by atomic mass is 9.96. The molecule has 0 N–H and O–H groups in total. The van der Waals surface area contributed by atoms with Crippen molar-refractivity contribution in [1.29, 1.82) is 0 Å². The molecule has 2 aromatic heterocycles. The first kappa shape index (κ1) is 11.5. The number of hydrogen-bond donors (Lipinski definition) is 0. The summed E-state index contributed by atoms with van der Waals surface area (Å²) in [6, 6.07) is 3.79. The van der Waals surface area contributed by atoms with Crippen molar-refractivity contribution in [1.82, 2.24) is 14.6 Å². The highest BCUT2D eigenvalue weighted by Gasteiger charge is 2.16. The maximum atomic E-state index is 5.36. The minimum absolute atomic E-state index is 0.651. The number of methoxy groups -OCH3 is 1. The lowest BCUT2D eigenvalue weighted by molar-refractivity contribution is 0.0660. The van der Waals surface area contributed by atoms with E-state index in [9.17, 15) is 0 Å². The van der Waals surface area contributed by atoms with Gasteiger partial charge < -0.3 is 9.47 Å². The summed E-state index contributed by atoms with van der Waals surface area (Å²) >= 11 is 0. The van der Waals surface area contributed by atoms with Crippen LogP contribution in [-0.2, 0) is 11.2 Å². The van der Waals surface area contributed by atoms with Gasteiger partial charge in [-0.3, -0.25) is 0 Å². The molecular formula is C13H17N3O2. The number of fused-ring (bicyclic) bond motifs is 1. The molecule has 96 valence electrons. The third kappa shape index (κ3) is 2.31. The first-order chi connectivity index (χ1) is 8.85. The Morgan fingerprint density at radius 1 is 1.44 bits per heavy atom. The van der Waals surface area contributed by atoms with Gasteiger partial charge in [0.1, 0.15) is 5.75 Å². The second kappa shape index (κ2) is 4.94. The Morgan fingerprint density at radius 3 is 3.06 bits per heavy atom. The van der Waals surface area contributed by atoms with Crippen LogP contribution >= 0.6 is 0 Å². The lowest BCUT2D eigenvalue weighted by Gasteiger charge is -2.20. The van der Waals surface area contributed by atoms with Crippen LogP contribution in [0.5, 0.6) is 5.75 Å². The van der Waals surface area contributed by atoms with Gasteiger partial charge in [0, 0.05) is 31.9 Å². The first-order valence-electron chi connectivity index (χ1n) is 6.32. The van der Waals surface area contributed by atoms with E-state index in [-0.39, 0.29) is 0 Å². The zero-order chi connectivity index (χ0) is 12.4. The van der Waals surface area contributed by atoms with E-state index in [0.717, 1.165) is 49.7 Å². The number of nitrogens with zero attached hydrogens (tertiary/aromatic N) is 3. The van der Waals surface area contributed by atoms with Crippen LogP contribution in [0, 0.1) is 5.92 Å². The second-order valence-electron chi connectivity index (χ2n) is 4.66. The van der Waals surface area contributed by atoms with Crippen molar-refractivity contribution in [3.8, 4) is 5.75 Å². The summed E-state index contributed by atoms with van der Waals surface area (Å²) in [5, 5.41) is 4.49. The van der Waals surface area contributed by atoms with Crippen LogP contribution in [0.15, 0.2) is 18.3 Å². The maximum absolute atomic E-state index is 5.36. The molecule has 3 heterocycles. The lowest BCUT2D eigenvalue weighted by Crippen LogP contribution is -2.18. The standard InChI is InChI=1S/C13H17N3O2/c1-17-11-2-5-16-13(9-11)14-12(15-16)8-10-3-6-18-7-4-10/h2,5,9-10H,3-4,6-8H2,1H3. The summed E-state index contributed by atoms with van der Waals surface area (Å²) in [5.41, 5.74) is 0.844. The molecule has 1 aliphatic heterocycles. The maximum Gasteiger partial charge on any atom is 0.159 e. The summed E-state index contributed by atoms with van der Waals surface area (Å²) in [4.78, 5) is 4.55. The Bertz CT molecular complexity index is 532. The fourth-order valence-corrected chi connectivity index (χ4v) is 2.33. The minimum atomic E-state index is 0.651. The van der Waals surface area contributed by atoms with Gasteiger partial charge in [0.05, 0.1) is 7.11 Å². The Balaban J connectivity index is 1.79. The number of ether oxygens (including phenoxy) is 2. The molecule has 0 aliphatic carbocycles. The van der Waals surface area contributed by atoms with Crippen molar-refractivity contribution >= 4 is 5.65 Å². The van der Waals surface area contributed by atoms with E-state index in [2.05, 4.69) is 10.1 Å². The summed E-state index contributed by atoms with van der Waals surface area (Å²) < 4.78 is 12.4. The van der Waals surface area contributed by atoms with Crippen molar-refractivity contribution < 1.29 is 9.47 Å². The van der Waals surface area contributed by atoms with E-state index in [4.69, 9.17) is 9.47 Å². The van der Waals surface area contributed by atoms with Gasteiger partial charge in [-0.05, 0) is 24.8 Å². The van der Waals surface area contributed by atoms with Gasteiger partial charge in [-0.15, -0.1) is 0 Å². The van der Waals surface area contributed by atoms with Gasteiger partial charge in [0.2, 0.25) is 0 Å². The van der Waals surface area contributed by atoms with Crippen LogP contribution in [0.1, 0.15) is 18.7 Å². The zero-order valence-electron chi connectivity index (χ0n) is 10.5. The summed E-state index contributed by atoms with van der Waals surface area (Å²) in [5.74, 6) is 2.38. The molecule has 0 spiro atoms. The molecule has 0 bridgehead atoms. The van der Waals surface area contributed by atoms with Gasteiger partial charge in [0.15, 0.2) is 11.5 Å². The third-order valence-electron chi connectivity index (χ3n) is 3.40. The van der Waals surface area contributed by atoms with E-state index in [1.807, 2.05) is 18.3 Å². The van der Waals surface area contributed by atoms with E-state index in [1.54, 1.807) is 11.6 Å². The smallest absolute Gasteiger partial charge is 0.159 e. The number of aromatic nitrogens is 3. The number of hydrogen-bond acceptors (Lipinski definition) is 4.